The molecular weight excluding hydrogens is 220 g/mol. The molecule has 0 aliphatic rings. The lowest BCUT2D eigenvalue weighted by atomic mass is 10.0. The molecule has 3 heteroatoms. The third kappa shape index (κ3) is 4.12. The van der Waals surface area contributed by atoms with Crippen molar-refractivity contribution in [2.75, 3.05) is 19.6 Å². The number of nitrogens with two attached hydrogens (primary N) is 1. The third-order valence-electron chi connectivity index (χ3n) is 2.93. The van der Waals surface area contributed by atoms with Crippen LogP contribution in [0, 0.1) is 0 Å². The zero-order chi connectivity index (χ0) is 12.0. The molecule has 90 valence electrons. The molecule has 2 N–H and O–H groups in total. The van der Waals surface area contributed by atoms with Gasteiger partial charge in [0.25, 0.3) is 0 Å². The average molecular weight is 241 g/mol. The van der Waals surface area contributed by atoms with Crippen LogP contribution in [0.1, 0.15) is 31.9 Å². The first-order valence-corrected chi connectivity index (χ1v) is 6.28. The molecule has 0 heterocycles. The maximum atomic E-state index is 6.14. The van der Waals surface area contributed by atoms with Crippen molar-refractivity contribution in [2.45, 2.75) is 26.3 Å². The molecule has 1 atom stereocenters. The molecule has 0 bridgehead atoms. The lowest BCUT2D eigenvalue weighted by molar-refractivity contribution is 0.291. The Kier molecular flexibility index (Phi) is 5.81. The number of hydrogen-bond donors (Lipinski definition) is 1. The highest BCUT2D eigenvalue weighted by molar-refractivity contribution is 6.30. The van der Waals surface area contributed by atoms with Crippen molar-refractivity contribution < 1.29 is 0 Å². The van der Waals surface area contributed by atoms with Gasteiger partial charge >= 0.3 is 0 Å². The molecule has 2 nitrogen and oxygen atoms in total. The largest absolute Gasteiger partial charge is 0.324 e. The predicted octanol–water partition coefficient (Wildman–Crippen LogP) is 3.07. The molecule has 16 heavy (non-hydrogen) atoms. The van der Waals surface area contributed by atoms with Crippen molar-refractivity contribution in [1.29, 1.82) is 0 Å². The Morgan fingerprint density at radius 2 is 2.00 bits per heavy atom. The second kappa shape index (κ2) is 6.89. The smallest absolute Gasteiger partial charge is 0.0409 e. The van der Waals surface area contributed by atoms with E-state index in [0.29, 0.717) is 0 Å². The SMILES string of the molecule is CCN(CC)CCC(N)c1cccc(Cl)c1. The Bertz CT molecular complexity index is 311. The summed E-state index contributed by atoms with van der Waals surface area (Å²) in [7, 11) is 0. The lowest BCUT2D eigenvalue weighted by Crippen LogP contribution is -2.27. The van der Waals surface area contributed by atoms with Gasteiger partial charge in [-0.1, -0.05) is 37.6 Å². The first-order valence-electron chi connectivity index (χ1n) is 5.90. The number of rotatable bonds is 6. The molecule has 0 spiro atoms. The molecule has 0 saturated heterocycles. The summed E-state index contributed by atoms with van der Waals surface area (Å²) in [6.07, 6.45) is 0.974. The summed E-state index contributed by atoms with van der Waals surface area (Å²) in [5, 5.41) is 0.760. The Labute approximate surface area is 103 Å². The van der Waals surface area contributed by atoms with Crippen molar-refractivity contribution in [2.24, 2.45) is 5.73 Å². The van der Waals surface area contributed by atoms with Crippen LogP contribution in [-0.2, 0) is 0 Å². The van der Waals surface area contributed by atoms with Gasteiger partial charge in [-0.25, -0.2) is 0 Å². The molecule has 0 saturated carbocycles. The van der Waals surface area contributed by atoms with E-state index >= 15 is 0 Å². The van der Waals surface area contributed by atoms with Gasteiger partial charge in [-0.05, 0) is 43.8 Å². The van der Waals surface area contributed by atoms with Crippen molar-refractivity contribution >= 4 is 11.6 Å². The van der Waals surface area contributed by atoms with Gasteiger partial charge in [-0.3, -0.25) is 0 Å². The van der Waals surface area contributed by atoms with Crippen LogP contribution in [0.5, 0.6) is 0 Å². The van der Waals surface area contributed by atoms with E-state index in [9.17, 15) is 0 Å². The Balaban J connectivity index is 2.49. The minimum absolute atomic E-state index is 0.0827. The molecule has 0 radical (unpaired) electrons. The molecule has 1 rings (SSSR count). The summed E-state index contributed by atoms with van der Waals surface area (Å²) in [6.45, 7) is 7.56. The van der Waals surface area contributed by atoms with Crippen molar-refractivity contribution in [3.8, 4) is 0 Å². The van der Waals surface area contributed by atoms with Crippen LogP contribution in [0.15, 0.2) is 24.3 Å². The monoisotopic (exact) mass is 240 g/mol. The van der Waals surface area contributed by atoms with E-state index in [-0.39, 0.29) is 6.04 Å². The van der Waals surface area contributed by atoms with E-state index in [2.05, 4.69) is 18.7 Å². The predicted molar refractivity (Wildman–Crippen MR) is 70.8 cm³/mol. The maximum absolute atomic E-state index is 6.14. The first kappa shape index (κ1) is 13.5. The first-order chi connectivity index (χ1) is 7.67. The van der Waals surface area contributed by atoms with Crippen molar-refractivity contribution in [3.05, 3.63) is 34.9 Å². The van der Waals surface area contributed by atoms with Gasteiger partial charge in [0, 0.05) is 11.1 Å². The topological polar surface area (TPSA) is 29.3 Å². The Morgan fingerprint density at radius 1 is 1.31 bits per heavy atom. The highest BCUT2D eigenvalue weighted by Crippen LogP contribution is 2.18. The highest BCUT2D eigenvalue weighted by atomic mass is 35.5. The second-order valence-corrected chi connectivity index (χ2v) is 4.41. The van der Waals surface area contributed by atoms with Crippen molar-refractivity contribution in [1.82, 2.24) is 4.90 Å². The van der Waals surface area contributed by atoms with Gasteiger partial charge in [0.05, 0.1) is 0 Å². The summed E-state index contributed by atoms with van der Waals surface area (Å²) in [6, 6.07) is 7.91. The summed E-state index contributed by atoms with van der Waals surface area (Å²) in [5.41, 5.74) is 7.26. The van der Waals surface area contributed by atoms with E-state index < -0.39 is 0 Å². The Hall–Kier alpha value is -0.570. The molecule has 0 fully saturated rings. The van der Waals surface area contributed by atoms with Crippen LogP contribution in [0.25, 0.3) is 0 Å². The zero-order valence-corrected chi connectivity index (χ0v) is 10.9. The highest BCUT2D eigenvalue weighted by Gasteiger charge is 2.08. The van der Waals surface area contributed by atoms with Gasteiger partial charge in [0.2, 0.25) is 0 Å². The number of halogens is 1. The zero-order valence-electron chi connectivity index (χ0n) is 10.1. The fourth-order valence-electron chi connectivity index (χ4n) is 1.77. The summed E-state index contributed by atoms with van der Waals surface area (Å²) < 4.78 is 0. The van der Waals surface area contributed by atoms with Crippen LogP contribution < -0.4 is 5.73 Å². The molecule has 0 aliphatic carbocycles. The fraction of sp³-hybridized carbons (Fsp3) is 0.538. The molecule has 1 aromatic rings. The van der Waals surface area contributed by atoms with E-state index in [4.69, 9.17) is 17.3 Å². The molecule has 1 unspecified atom stereocenters. The van der Waals surface area contributed by atoms with Gasteiger partial charge in [-0.15, -0.1) is 0 Å². The molecule has 0 amide bonds. The summed E-state index contributed by atoms with van der Waals surface area (Å²) in [5.74, 6) is 0. The van der Waals surface area contributed by atoms with Crippen LogP contribution in [0.2, 0.25) is 5.02 Å². The number of nitrogens with zero attached hydrogens (tertiary/aromatic N) is 1. The second-order valence-electron chi connectivity index (χ2n) is 3.98. The van der Waals surface area contributed by atoms with E-state index in [1.165, 1.54) is 0 Å². The van der Waals surface area contributed by atoms with Crippen LogP contribution >= 0.6 is 11.6 Å². The molecule has 0 aromatic heterocycles. The van der Waals surface area contributed by atoms with Gasteiger partial charge in [0.1, 0.15) is 0 Å². The summed E-state index contributed by atoms with van der Waals surface area (Å²) in [4.78, 5) is 2.38. The van der Waals surface area contributed by atoms with E-state index in [0.717, 1.165) is 36.6 Å². The quantitative estimate of drug-likeness (QED) is 0.828. The summed E-state index contributed by atoms with van der Waals surface area (Å²) >= 11 is 5.94. The minimum atomic E-state index is 0.0827. The van der Waals surface area contributed by atoms with Crippen LogP contribution in [0.3, 0.4) is 0 Å². The van der Waals surface area contributed by atoms with E-state index in [1.807, 2.05) is 24.3 Å². The number of benzene rings is 1. The normalized spacial score (nSPS) is 13.1. The van der Waals surface area contributed by atoms with Gasteiger partial charge in [-0.2, -0.15) is 0 Å². The van der Waals surface area contributed by atoms with Gasteiger partial charge in [0.15, 0.2) is 0 Å². The average Bonchev–Trinajstić information content (AvgIpc) is 2.30. The molecular formula is C13H21ClN2. The van der Waals surface area contributed by atoms with Crippen LogP contribution in [0.4, 0.5) is 0 Å². The van der Waals surface area contributed by atoms with E-state index in [1.54, 1.807) is 0 Å². The Morgan fingerprint density at radius 3 is 2.56 bits per heavy atom. The minimum Gasteiger partial charge on any atom is -0.324 e. The standard InChI is InChI=1S/C13H21ClN2/c1-3-16(4-2)9-8-13(15)11-6-5-7-12(14)10-11/h5-7,10,13H,3-4,8-9,15H2,1-2H3. The fourth-order valence-corrected chi connectivity index (χ4v) is 1.96. The number of hydrogen-bond acceptors (Lipinski definition) is 2. The third-order valence-corrected chi connectivity index (χ3v) is 3.16. The van der Waals surface area contributed by atoms with Crippen LogP contribution in [-0.4, -0.2) is 24.5 Å². The lowest BCUT2D eigenvalue weighted by Gasteiger charge is -2.20. The molecule has 1 aromatic carbocycles. The maximum Gasteiger partial charge on any atom is 0.0409 e. The molecule has 0 aliphatic heterocycles. The van der Waals surface area contributed by atoms with Crippen molar-refractivity contribution in [3.63, 3.8) is 0 Å². The van der Waals surface area contributed by atoms with Gasteiger partial charge < -0.3 is 10.6 Å².